The maximum Gasteiger partial charge on any atom is 0.298 e. The van der Waals surface area contributed by atoms with Gasteiger partial charge in [0, 0.05) is 12.6 Å². The molecule has 1 saturated carbocycles. The summed E-state index contributed by atoms with van der Waals surface area (Å²) >= 11 is 0. The molecule has 1 aromatic carbocycles. The topological polar surface area (TPSA) is 81.2 Å². The first-order chi connectivity index (χ1) is 8.24. The van der Waals surface area contributed by atoms with E-state index >= 15 is 0 Å². The number of aromatic nitrogens is 1. The molecule has 1 aliphatic rings. The third-order valence-corrected chi connectivity index (χ3v) is 2.83. The van der Waals surface area contributed by atoms with Gasteiger partial charge in [0.1, 0.15) is 0 Å². The molecule has 1 aromatic heterocycles. The van der Waals surface area contributed by atoms with Gasteiger partial charge in [-0.2, -0.15) is 4.98 Å². The fourth-order valence-electron chi connectivity index (χ4n) is 1.71. The maximum absolute atomic E-state index is 10.8. The van der Waals surface area contributed by atoms with Gasteiger partial charge in [0.25, 0.3) is 11.7 Å². The van der Waals surface area contributed by atoms with Crippen LogP contribution in [0.15, 0.2) is 22.6 Å². The lowest BCUT2D eigenvalue weighted by Crippen LogP contribution is -2.02. The van der Waals surface area contributed by atoms with Gasteiger partial charge in [-0.15, -0.1) is 0 Å². The first kappa shape index (κ1) is 10.1. The van der Waals surface area contributed by atoms with E-state index < -0.39 is 4.92 Å². The van der Waals surface area contributed by atoms with Crippen LogP contribution in [0, 0.1) is 16.0 Å². The monoisotopic (exact) mass is 233 g/mol. The summed E-state index contributed by atoms with van der Waals surface area (Å²) in [5, 5.41) is 13.9. The van der Waals surface area contributed by atoms with E-state index in [9.17, 15) is 10.1 Å². The molecule has 88 valence electrons. The molecule has 1 N–H and O–H groups in total. The minimum absolute atomic E-state index is 0.0225. The Hall–Kier alpha value is -2.11. The molecule has 0 aliphatic heterocycles. The Morgan fingerprint density at radius 1 is 1.53 bits per heavy atom. The Morgan fingerprint density at radius 3 is 3.06 bits per heavy atom. The second-order valence-corrected chi connectivity index (χ2v) is 4.22. The van der Waals surface area contributed by atoms with Crippen molar-refractivity contribution in [3.05, 3.63) is 28.3 Å². The summed E-state index contributed by atoms with van der Waals surface area (Å²) < 4.78 is 5.41. The summed E-state index contributed by atoms with van der Waals surface area (Å²) in [6.45, 7) is 0.820. The van der Waals surface area contributed by atoms with Gasteiger partial charge in [0.15, 0.2) is 11.1 Å². The van der Waals surface area contributed by atoms with Crippen LogP contribution in [0.5, 0.6) is 0 Å². The number of hydrogen-bond donors (Lipinski definition) is 1. The van der Waals surface area contributed by atoms with Gasteiger partial charge in [0.2, 0.25) is 0 Å². The average Bonchev–Trinajstić information content (AvgIpc) is 3.04. The number of anilines is 1. The highest BCUT2D eigenvalue weighted by atomic mass is 16.6. The lowest BCUT2D eigenvalue weighted by Gasteiger charge is -1.96. The van der Waals surface area contributed by atoms with E-state index in [2.05, 4.69) is 10.3 Å². The first-order valence-corrected chi connectivity index (χ1v) is 5.52. The largest absolute Gasteiger partial charge is 0.423 e. The number of nitro groups is 1. The van der Waals surface area contributed by atoms with Crippen molar-refractivity contribution >= 4 is 22.8 Å². The number of non-ortho nitro benzene ring substituents is 1. The Kier molecular flexibility index (Phi) is 2.21. The van der Waals surface area contributed by atoms with E-state index in [4.69, 9.17) is 4.42 Å². The first-order valence-electron chi connectivity index (χ1n) is 5.52. The number of benzene rings is 1. The van der Waals surface area contributed by atoms with Crippen molar-refractivity contribution in [3.8, 4) is 0 Å². The SMILES string of the molecule is O=[N+]([O-])c1cccc2oc(NCC3CC3)nc12. The molecule has 0 radical (unpaired) electrons. The van der Waals surface area contributed by atoms with Gasteiger partial charge in [-0.3, -0.25) is 10.1 Å². The van der Waals surface area contributed by atoms with Crippen LogP contribution in [0.25, 0.3) is 11.1 Å². The summed E-state index contributed by atoms with van der Waals surface area (Å²) in [6, 6.07) is 5.06. The number of oxazole rings is 1. The van der Waals surface area contributed by atoms with Crippen molar-refractivity contribution in [2.24, 2.45) is 5.92 Å². The zero-order valence-corrected chi connectivity index (χ0v) is 9.05. The lowest BCUT2D eigenvalue weighted by molar-refractivity contribution is -0.383. The molecule has 0 amide bonds. The molecule has 0 unspecified atom stereocenters. The van der Waals surface area contributed by atoms with Crippen molar-refractivity contribution in [1.29, 1.82) is 0 Å². The van der Waals surface area contributed by atoms with Gasteiger partial charge in [-0.1, -0.05) is 6.07 Å². The van der Waals surface area contributed by atoms with E-state index in [1.54, 1.807) is 12.1 Å². The molecule has 1 heterocycles. The molecule has 1 aliphatic carbocycles. The van der Waals surface area contributed by atoms with E-state index in [0.29, 0.717) is 23.0 Å². The molecule has 1 fully saturated rings. The Morgan fingerprint density at radius 2 is 2.35 bits per heavy atom. The zero-order valence-electron chi connectivity index (χ0n) is 9.05. The normalized spacial score (nSPS) is 15.1. The molecular formula is C11H11N3O3. The number of fused-ring (bicyclic) bond motifs is 1. The highest BCUT2D eigenvalue weighted by Crippen LogP contribution is 2.30. The third kappa shape index (κ3) is 1.93. The van der Waals surface area contributed by atoms with Crippen molar-refractivity contribution in [2.75, 3.05) is 11.9 Å². The molecule has 2 aromatic rings. The van der Waals surface area contributed by atoms with Crippen molar-refractivity contribution in [3.63, 3.8) is 0 Å². The van der Waals surface area contributed by atoms with Gasteiger partial charge in [0.05, 0.1) is 4.92 Å². The van der Waals surface area contributed by atoms with Crippen molar-refractivity contribution in [2.45, 2.75) is 12.8 Å². The second kappa shape index (κ2) is 3.73. The fourth-order valence-corrected chi connectivity index (χ4v) is 1.71. The number of nitro benzene ring substituents is 1. The number of para-hydroxylation sites is 1. The summed E-state index contributed by atoms with van der Waals surface area (Å²) in [5.41, 5.74) is 0.721. The van der Waals surface area contributed by atoms with E-state index in [-0.39, 0.29) is 5.69 Å². The van der Waals surface area contributed by atoms with Crippen LogP contribution in [0.1, 0.15) is 12.8 Å². The standard InChI is InChI=1S/C11H11N3O3/c15-14(16)8-2-1-3-9-10(8)13-11(17-9)12-6-7-4-5-7/h1-3,7H,4-6H2,(H,12,13). The highest BCUT2D eigenvalue weighted by molar-refractivity contribution is 5.83. The number of nitrogens with one attached hydrogen (secondary N) is 1. The third-order valence-electron chi connectivity index (χ3n) is 2.83. The molecule has 0 spiro atoms. The second-order valence-electron chi connectivity index (χ2n) is 4.22. The molecular weight excluding hydrogens is 222 g/mol. The van der Waals surface area contributed by atoms with Crippen molar-refractivity contribution in [1.82, 2.24) is 4.98 Å². The quantitative estimate of drug-likeness (QED) is 0.648. The van der Waals surface area contributed by atoms with Gasteiger partial charge >= 0.3 is 0 Å². The minimum Gasteiger partial charge on any atom is -0.423 e. The summed E-state index contributed by atoms with van der Waals surface area (Å²) in [4.78, 5) is 14.5. The number of nitrogens with zero attached hydrogens (tertiary/aromatic N) is 2. The highest BCUT2D eigenvalue weighted by Gasteiger charge is 2.22. The molecule has 3 rings (SSSR count). The summed E-state index contributed by atoms with van der Waals surface area (Å²) in [6.07, 6.45) is 2.46. The predicted octanol–water partition coefficient (Wildman–Crippen LogP) is 2.56. The molecule has 0 atom stereocenters. The zero-order chi connectivity index (χ0) is 11.8. The van der Waals surface area contributed by atoms with Gasteiger partial charge in [-0.25, -0.2) is 0 Å². The van der Waals surface area contributed by atoms with E-state index in [1.807, 2.05) is 0 Å². The van der Waals surface area contributed by atoms with Crippen LogP contribution >= 0.6 is 0 Å². The predicted molar refractivity (Wildman–Crippen MR) is 61.9 cm³/mol. The smallest absolute Gasteiger partial charge is 0.298 e. The summed E-state index contributed by atoms with van der Waals surface area (Å²) in [5.74, 6) is 0.694. The van der Waals surface area contributed by atoms with Crippen LogP contribution in [0.4, 0.5) is 11.7 Å². The molecule has 17 heavy (non-hydrogen) atoms. The van der Waals surface area contributed by atoms with Gasteiger partial charge < -0.3 is 9.73 Å². The Labute approximate surface area is 96.8 Å². The van der Waals surface area contributed by atoms with Crippen molar-refractivity contribution < 1.29 is 9.34 Å². The van der Waals surface area contributed by atoms with Crippen LogP contribution in [0.3, 0.4) is 0 Å². The molecule has 6 nitrogen and oxygen atoms in total. The van der Waals surface area contributed by atoms with E-state index in [1.165, 1.54) is 18.9 Å². The average molecular weight is 233 g/mol. The van der Waals surface area contributed by atoms with E-state index in [0.717, 1.165) is 6.54 Å². The lowest BCUT2D eigenvalue weighted by atomic mass is 10.3. The summed E-state index contributed by atoms with van der Waals surface area (Å²) in [7, 11) is 0. The van der Waals surface area contributed by atoms with Gasteiger partial charge in [-0.05, 0) is 24.8 Å². The molecule has 6 heteroatoms. The Bertz CT molecular complexity index is 574. The van der Waals surface area contributed by atoms with Crippen LogP contribution in [-0.4, -0.2) is 16.5 Å². The Balaban J connectivity index is 1.93. The van der Waals surface area contributed by atoms with Crippen LogP contribution in [0.2, 0.25) is 0 Å². The number of hydrogen-bond acceptors (Lipinski definition) is 5. The van der Waals surface area contributed by atoms with Crippen LogP contribution < -0.4 is 5.32 Å². The maximum atomic E-state index is 10.8. The molecule has 0 bridgehead atoms. The number of rotatable bonds is 4. The fraction of sp³-hybridized carbons (Fsp3) is 0.364. The van der Waals surface area contributed by atoms with Crippen LogP contribution in [-0.2, 0) is 0 Å². The molecule has 0 saturated heterocycles. The minimum atomic E-state index is -0.449.